The number of esters is 1. The van der Waals surface area contributed by atoms with E-state index in [9.17, 15) is 15.0 Å². The smallest absolute Gasteiger partial charge is 0.308 e. The van der Waals surface area contributed by atoms with E-state index in [4.69, 9.17) is 28.4 Å². The van der Waals surface area contributed by atoms with Crippen LogP contribution in [0, 0.1) is 23.2 Å². The second-order valence-electron chi connectivity index (χ2n) is 13.2. The average Bonchev–Trinajstić information content (AvgIpc) is 2.91. The first-order chi connectivity index (χ1) is 19.8. The molecule has 2 aliphatic rings. The number of phenols is 1. The number of benzene rings is 1. The molecule has 0 amide bonds. The monoisotopic (exact) mass is 594 g/mol. The number of aliphatic hydroxyl groups is 1. The van der Waals surface area contributed by atoms with Gasteiger partial charge in [-0.2, -0.15) is 0 Å². The molecule has 2 saturated heterocycles. The molecule has 2 fully saturated rings. The third kappa shape index (κ3) is 9.63. The molecule has 0 radical (unpaired) electrons. The summed E-state index contributed by atoms with van der Waals surface area (Å²) in [5, 5.41) is 20.2. The molecule has 2 aliphatic heterocycles. The Morgan fingerprint density at radius 1 is 1.12 bits per heavy atom. The molecule has 240 valence electrons. The number of phenolic OH excluding ortho intramolecular Hbond substituents is 1. The predicted molar refractivity (Wildman–Crippen MR) is 159 cm³/mol. The lowest BCUT2D eigenvalue weighted by molar-refractivity contribution is -0.294. The van der Waals surface area contributed by atoms with Crippen LogP contribution >= 0.6 is 0 Å². The van der Waals surface area contributed by atoms with Crippen LogP contribution < -0.4 is 0 Å². The molecular weight excluding hydrogens is 540 g/mol. The van der Waals surface area contributed by atoms with Gasteiger partial charge < -0.3 is 38.6 Å². The summed E-state index contributed by atoms with van der Waals surface area (Å²) in [6, 6.07) is 7.16. The summed E-state index contributed by atoms with van der Waals surface area (Å²) in [5.41, 5.74) is 0.703. The van der Waals surface area contributed by atoms with E-state index >= 15 is 0 Å². The van der Waals surface area contributed by atoms with Crippen LogP contribution in [0.3, 0.4) is 0 Å². The van der Waals surface area contributed by atoms with Gasteiger partial charge in [-0.05, 0) is 69.1 Å². The summed E-state index contributed by atoms with van der Waals surface area (Å²) in [5.74, 6) is 0.0209. The molecule has 1 aromatic rings. The zero-order valence-electron chi connectivity index (χ0n) is 26.8. The second kappa shape index (κ2) is 15.8. The zero-order chi connectivity index (χ0) is 31.0. The van der Waals surface area contributed by atoms with E-state index in [2.05, 4.69) is 34.6 Å². The Morgan fingerprint density at radius 2 is 1.86 bits per heavy atom. The molecule has 10 atom stereocenters. The number of ether oxygens (including phenoxy) is 6. The lowest BCUT2D eigenvalue weighted by Gasteiger charge is -2.48. The first-order valence-electron chi connectivity index (χ1n) is 15.5. The Hall–Kier alpha value is -1.75. The molecule has 1 unspecified atom stereocenters. The molecule has 0 spiro atoms. The zero-order valence-corrected chi connectivity index (χ0v) is 26.8. The minimum atomic E-state index is -0.853. The van der Waals surface area contributed by atoms with Crippen LogP contribution in [0.15, 0.2) is 24.3 Å². The van der Waals surface area contributed by atoms with Crippen LogP contribution in [-0.4, -0.2) is 73.5 Å². The first-order valence-corrected chi connectivity index (χ1v) is 15.5. The van der Waals surface area contributed by atoms with Gasteiger partial charge in [0.1, 0.15) is 18.6 Å². The molecule has 2 bridgehead atoms. The molecule has 2 heterocycles. The maximum absolute atomic E-state index is 12.9. The average molecular weight is 595 g/mol. The Kier molecular flexibility index (Phi) is 13.1. The van der Waals surface area contributed by atoms with Crippen molar-refractivity contribution in [3.8, 4) is 5.75 Å². The highest BCUT2D eigenvalue weighted by molar-refractivity contribution is 5.70. The Labute approximate surface area is 252 Å². The lowest BCUT2D eigenvalue weighted by Crippen LogP contribution is -2.51. The number of cyclic esters (lactones) is 1. The summed E-state index contributed by atoms with van der Waals surface area (Å²) >= 11 is 0. The normalized spacial score (nSPS) is 33.7. The fraction of sp³-hybridized carbons (Fsp3) is 0.788. The van der Waals surface area contributed by atoms with Gasteiger partial charge in [0.2, 0.25) is 0 Å². The van der Waals surface area contributed by atoms with Gasteiger partial charge in [-0.1, -0.05) is 46.8 Å². The number of methoxy groups -OCH3 is 1. The fourth-order valence-corrected chi connectivity index (χ4v) is 6.30. The number of aliphatic hydroxyl groups excluding tert-OH is 1. The van der Waals surface area contributed by atoms with Crippen LogP contribution in [0.25, 0.3) is 0 Å². The van der Waals surface area contributed by atoms with E-state index in [1.54, 1.807) is 26.2 Å². The third-order valence-corrected chi connectivity index (χ3v) is 9.07. The van der Waals surface area contributed by atoms with Gasteiger partial charge >= 0.3 is 5.97 Å². The van der Waals surface area contributed by atoms with E-state index in [0.717, 1.165) is 24.8 Å². The highest BCUT2D eigenvalue weighted by Gasteiger charge is 2.45. The van der Waals surface area contributed by atoms with Gasteiger partial charge in [0.25, 0.3) is 0 Å². The Balaban J connectivity index is 1.85. The SMILES string of the molecule is CO[C@@H](CC[C@H](C)[C@H]1O[C@H]2OC(CCOCO[C@@H]([C@@H](C)O)CC(=O)O[C@@H](C)[C@@H]1C)[C@H](C)CC2(C)C)c1cccc(O)c1. The molecule has 0 aliphatic carbocycles. The van der Waals surface area contributed by atoms with Crippen molar-refractivity contribution < 1.29 is 43.4 Å². The van der Waals surface area contributed by atoms with Gasteiger partial charge in [-0.3, -0.25) is 4.79 Å². The molecule has 9 nitrogen and oxygen atoms in total. The van der Waals surface area contributed by atoms with Crippen molar-refractivity contribution in [1.29, 1.82) is 0 Å². The largest absolute Gasteiger partial charge is 0.508 e. The van der Waals surface area contributed by atoms with Crippen molar-refractivity contribution >= 4 is 5.97 Å². The van der Waals surface area contributed by atoms with Crippen LogP contribution in [0.5, 0.6) is 5.75 Å². The van der Waals surface area contributed by atoms with Crippen molar-refractivity contribution in [3.63, 3.8) is 0 Å². The van der Waals surface area contributed by atoms with Crippen LogP contribution in [0.2, 0.25) is 0 Å². The second-order valence-corrected chi connectivity index (χ2v) is 13.2. The van der Waals surface area contributed by atoms with Gasteiger partial charge in [-0.15, -0.1) is 0 Å². The molecule has 3 rings (SSSR count). The number of fused-ring (bicyclic) bond motifs is 2. The Morgan fingerprint density at radius 3 is 2.52 bits per heavy atom. The van der Waals surface area contributed by atoms with Crippen molar-refractivity contribution in [2.75, 3.05) is 20.5 Å². The number of carbonyl (C=O) groups is 1. The van der Waals surface area contributed by atoms with Crippen molar-refractivity contribution in [2.45, 2.75) is 123 Å². The van der Waals surface area contributed by atoms with E-state index in [1.807, 2.05) is 19.1 Å². The summed E-state index contributed by atoms with van der Waals surface area (Å²) in [4.78, 5) is 12.9. The van der Waals surface area contributed by atoms with E-state index in [0.29, 0.717) is 18.9 Å². The fourth-order valence-electron chi connectivity index (χ4n) is 6.30. The van der Waals surface area contributed by atoms with Crippen LogP contribution in [0.1, 0.15) is 92.2 Å². The molecule has 2 N–H and O–H groups in total. The van der Waals surface area contributed by atoms with Gasteiger partial charge in [0.15, 0.2) is 6.29 Å². The first kappa shape index (κ1) is 34.7. The van der Waals surface area contributed by atoms with Gasteiger partial charge in [0.05, 0.1) is 43.5 Å². The van der Waals surface area contributed by atoms with Crippen molar-refractivity contribution in [3.05, 3.63) is 29.8 Å². The highest BCUT2D eigenvalue weighted by atomic mass is 16.7. The molecule has 9 heteroatoms. The lowest BCUT2D eigenvalue weighted by atomic mass is 9.77. The maximum atomic E-state index is 12.9. The van der Waals surface area contributed by atoms with E-state index in [-0.39, 0.29) is 54.5 Å². The summed E-state index contributed by atoms with van der Waals surface area (Å²) in [6.07, 6.45) is 0.0985. The number of hydrogen-bond acceptors (Lipinski definition) is 9. The van der Waals surface area contributed by atoms with Crippen molar-refractivity contribution in [2.24, 2.45) is 23.2 Å². The molecule has 1 aromatic carbocycles. The van der Waals surface area contributed by atoms with Crippen LogP contribution in [-0.2, 0) is 33.2 Å². The third-order valence-electron chi connectivity index (χ3n) is 9.07. The van der Waals surface area contributed by atoms with E-state index in [1.165, 1.54) is 0 Å². The topological polar surface area (TPSA) is 113 Å². The molecule has 0 saturated carbocycles. The standard InChI is InChI=1S/C33H54O9/c1-20(12-13-28(37-8)25-10-9-11-26(35)16-25)31-22(3)24(5)40-30(36)17-29(23(4)34)39-19-38-15-14-27-21(2)18-33(6,7)32(41-27)42-31/h9-11,16,20-24,27-29,31-32,34-35H,12-15,17-19H2,1-8H3/t20-,21+,22-,23+,24-,27?,28-,29+,31+,32+/m0/s1. The summed E-state index contributed by atoms with van der Waals surface area (Å²) in [6.45, 7) is 14.7. The minimum Gasteiger partial charge on any atom is -0.508 e. The number of aromatic hydroxyl groups is 1. The predicted octanol–water partition coefficient (Wildman–Crippen LogP) is 5.76. The number of carbonyl (C=O) groups excluding carboxylic acids is 1. The van der Waals surface area contributed by atoms with E-state index < -0.39 is 30.6 Å². The molecule has 42 heavy (non-hydrogen) atoms. The molecule has 0 aromatic heterocycles. The quantitative estimate of drug-likeness (QED) is 0.381. The maximum Gasteiger partial charge on any atom is 0.308 e. The molecular formula is C33H54O9. The summed E-state index contributed by atoms with van der Waals surface area (Å²) < 4.78 is 36.7. The summed E-state index contributed by atoms with van der Waals surface area (Å²) in [7, 11) is 1.68. The number of hydrogen-bond donors (Lipinski definition) is 2. The minimum absolute atomic E-state index is 0.0218. The van der Waals surface area contributed by atoms with Crippen LogP contribution in [0.4, 0.5) is 0 Å². The Bertz CT molecular complexity index is 967. The highest BCUT2D eigenvalue weighted by Crippen LogP contribution is 2.43. The van der Waals surface area contributed by atoms with Gasteiger partial charge in [0, 0.05) is 18.4 Å². The van der Waals surface area contributed by atoms with Crippen molar-refractivity contribution in [1.82, 2.24) is 0 Å². The van der Waals surface area contributed by atoms with Gasteiger partial charge in [-0.25, -0.2) is 0 Å². The number of rotatable bonds is 7.